The maximum atomic E-state index is 13.6. The molecule has 192 valence electrons. The van der Waals surface area contributed by atoms with E-state index in [1.54, 1.807) is 45.0 Å². The Balaban J connectivity index is 3.37. The highest BCUT2D eigenvalue weighted by Crippen LogP contribution is 2.24. The number of terminal acetylenes is 1. The van der Waals surface area contributed by atoms with Crippen LogP contribution in [-0.4, -0.2) is 66.4 Å². The van der Waals surface area contributed by atoms with Gasteiger partial charge in [0.15, 0.2) is 0 Å². The van der Waals surface area contributed by atoms with Gasteiger partial charge in [0.1, 0.15) is 24.2 Å². The third kappa shape index (κ3) is 9.91. The molecule has 2 N–H and O–H groups in total. The van der Waals surface area contributed by atoms with Crippen molar-refractivity contribution >= 4 is 36.5 Å². The van der Waals surface area contributed by atoms with Gasteiger partial charge in [0, 0.05) is 17.9 Å². The number of nitrogens with zero attached hydrogens (tertiary/aromatic N) is 1. The number of hydrogen-bond acceptors (Lipinski definition) is 7. The van der Waals surface area contributed by atoms with Gasteiger partial charge in [-0.15, -0.1) is 6.42 Å². The van der Waals surface area contributed by atoms with Crippen LogP contribution in [0.15, 0.2) is 24.3 Å². The molecule has 10 heteroatoms. The fraction of sp³-hybridized carbons (Fsp3) is 0.520. The maximum absolute atomic E-state index is 13.6. The quantitative estimate of drug-likeness (QED) is 0.242. The van der Waals surface area contributed by atoms with E-state index in [2.05, 4.69) is 33.9 Å². The molecule has 0 aliphatic rings. The summed E-state index contributed by atoms with van der Waals surface area (Å²) in [6.45, 7) is 6.93. The molecular weight excluding hydrogens is 470 g/mol. The molecule has 2 atom stereocenters. The highest BCUT2D eigenvalue weighted by molar-refractivity contribution is 7.80. The summed E-state index contributed by atoms with van der Waals surface area (Å²) in [5.74, 6) is 0.761. The van der Waals surface area contributed by atoms with Gasteiger partial charge in [-0.1, -0.05) is 31.4 Å². The molecule has 0 aliphatic carbocycles. The van der Waals surface area contributed by atoms with E-state index in [0.29, 0.717) is 17.5 Å². The number of esters is 1. The van der Waals surface area contributed by atoms with Crippen molar-refractivity contribution in [3.63, 3.8) is 0 Å². The monoisotopic (exact) mass is 505 g/mol. The van der Waals surface area contributed by atoms with Gasteiger partial charge in [0.25, 0.3) is 0 Å². The van der Waals surface area contributed by atoms with Crippen LogP contribution in [0, 0.1) is 12.3 Å². The number of nitrogens with one attached hydrogen (secondary N) is 2. The minimum absolute atomic E-state index is 0.0206. The second-order valence-electron chi connectivity index (χ2n) is 8.73. The molecule has 1 aromatic carbocycles. The Morgan fingerprint density at radius 2 is 1.80 bits per heavy atom. The molecule has 0 fully saturated rings. The minimum atomic E-state index is -1.09. The second-order valence-corrected chi connectivity index (χ2v) is 9.09. The number of thiol groups is 1. The topological polar surface area (TPSA) is 114 Å². The summed E-state index contributed by atoms with van der Waals surface area (Å²) in [7, 11) is 1.21. The van der Waals surface area contributed by atoms with Crippen LogP contribution in [0.1, 0.15) is 57.7 Å². The summed E-state index contributed by atoms with van der Waals surface area (Å²) in [5.41, 5.74) is 0.338. The number of benzene rings is 1. The molecule has 0 saturated carbocycles. The Bertz CT molecular complexity index is 921. The number of ether oxygens (including phenoxy) is 2. The summed E-state index contributed by atoms with van der Waals surface area (Å²) in [4.78, 5) is 52.2. The van der Waals surface area contributed by atoms with Crippen molar-refractivity contribution in [2.45, 2.75) is 58.2 Å². The number of unbranched alkanes of at least 4 members (excludes halogenated alkanes) is 1. The van der Waals surface area contributed by atoms with Crippen molar-refractivity contribution in [2.24, 2.45) is 0 Å². The van der Waals surface area contributed by atoms with Gasteiger partial charge in [-0.05, 0) is 44.9 Å². The van der Waals surface area contributed by atoms with Crippen LogP contribution in [-0.2, 0) is 23.9 Å². The number of carbonyl (C=O) groups is 4. The normalized spacial score (nSPS) is 12.5. The van der Waals surface area contributed by atoms with Crippen molar-refractivity contribution in [3.8, 4) is 12.3 Å². The van der Waals surface area contributed by atoms with Gasteiger partial charge >= 0.3 is 12.1 Å². The van der Waals surface area contributed by atoms with Gasteiger partial charge < -0.3 is 25.0 Å². The van der Waals surface area contributed by atoms with E-state index in [-0.39, 0.29) is 18.8 Å². The van der Waals surface area contributed by atoms with Crippen LogP contribution >= 0.6 is 12.6 Å². The Kier molecular flexibility index (Phi) is 12.2. The van der Waals surface area contributed by atoms with Crippen molar-refractivity contribution < 1.29 is 28.7 Å². The first-order valence-corrected chi connectivity index (χ1v) is 11.9. The SMILES string of the molecule is C#Cc1ccc(C(C(=O)NCC(=O)OC)N(CCCC)C(=O)C(CS)NC(=O)OC(C)(C)C)cc1. The summed E-state index contributed by atoms with van der Waals surface area (Å²) >= 11 is 4.24. The zero-order valence-corrected chi connectivity index (χ0v) is 21.8. The molecule has 35 heavy (non-hydrogen) atoms. The lowest BCUT2D eigenvalue weighted by atomic mass is 10.0. The molecule has 0 bridgehead atoms. The van der Waals surface area contributed by atoms with Crippen LogP contribution in [0.4, 0.5) is 4.79 Å². The molecule has 0 spiro atoms. The van der Waals surface area contributed by atoms with Crippen molar-refractivity contribution in [3.05, 3.63) is 35.4 Å². The van der Waals surface area contributed by atoms with Crippen LogP contribution in [0.2, 0.25) is 0 Å². The van der Waals surface area contributed by atoms with Crippen LogP contribution in [0.25, 0.3) is 0 Å². The first-order chi connectivity index (χ1) is 16.5. The fourth-order valence-corrected chi connectivity index (χ4v) is 3.34. The number of amides is 3. The molecule has 0 aromatic heterocycles. The summed E-state index contributed by atoms with van der Waals surface area (Å²) in [6, 6.07) is 4.49. The highest BCUT2D eigenvalue weighted by Gasteiger charge is 2.35. The molecule has 2 unspecified atom stereocenters. The van der Waals surface area contributed by atoms with Crippen molar-refractivity contribution in [2.75, 3.05) is 26.0 Å². The number of rotatable bonds is 11. The number of alkyl carbamates (subject to hydrolysis) is 1. The standard InChI is InChI=1S/C25H35N3O6S/c1-7-9-14-28(23(31)19(16-35)27-24(32)34-25(3,4)5)21(22(30)26-15-20(29)33-6)18-12-10-17(8-2)11-13-18/h2,10-13,19,21,35H,7,9,14-16H2,1,3-6H3,(H,26,30)(H,27,32). The van der Waals surface area contributed by atoms with E-state index in [1.807, 2.05) is 6.92 Å². The lowest BCUT2D eigenvalue weighted by molar-refractivity contribution is -0.144. The molecule has 0 saturated heterocycles. The van der Waals surface area contributed by atoms with Gasteiger partial charge in [-0.3, -0.25) is 14.4 Å². The van der Waals surface area contributed by atoms with Crippen LogP contribution < -0.4 is 10.6 Å². The third-order valence-corrected chi connectivity index (χ3v) is 5.16. The fourth-order valence-electron chi connectivity index (χ4n) is 3.09. The zero-order chi connectivity index (χ0) is 26.6. The van der Waals surface area contributed by atoms with E-state index in [9.17, 15) is 19.2 Å². The molecule has 1 rings (SSSR count). The first kappa shape index (κ1) is 29.8. The molecule has 0 radical (unpaired) electrons. The smallest absolute Gasteiger partial charge is 0.408 e. The molecule has 1 aromatic rings. The zero-order valence-electron chi connectivity index (χ0n) is 20.9. The van der Waals surface area contributed by atoms with E-state index in [1.165, 1.54) is 12.0 Å². The van der Waals surface area contributed by atoms with Gasteiger partial charge in [0.05, 0.1) is 7.11 Å². The van der Waals surface area contributed by atoms with Crippen LogP contribution in [0.5, 0.6) is 0 Å². The summed E-state index contributed by atoms with van der Waals surface area (Å²) < 4.78 is 9.87. The second kappa shape index (κ2) is 14.3. The molecule has 9 nitrogen and oxygen atoms in total. The van der Waals surface area contributed by atoms with Crippen LogP contribution in [0.3, 0.4) is 0 Å². The molecule has 3 amide bonds. The summed E-state index contributed by atoms with van der Waals surface area (Å²) in [5, 5.41) is 5.06. The van der Waals surface area contributed by atoms with E-state index in [0.717, 1.165) is 6.42 Å². The Labute approximate surface area is 212 Å². The predicted molar refractivity (Wildman–Crippen MR) is 136 cm³/mol. The van der Waals surface area contributed by atoms with E-state index < -0.39 is 41.6 Å². The predicted octanol–water partition coefficient (Wildman–Crippen LogP) is 2.45. The summed E-state index contributed by atoms with van der Waals surface area (Å²) in [6.07, 6.45) is 6.02. The van der Waals surface area contributed by atoms with E-state index >= 15 is 0 Å². The number of hydrogen-bond donors (Lipinski definition) is 3. The van der Waals surface area contributed by atoms with E-state index in [4.69, 9.17) is 11.2 Å². The largest absolute Gasteiger partial charge is 0.468 e. The lowest BCUT2D eigenvalue weighted by Gasteiger charge is -2.34. The maximum Gasteiger partial charge on any atom is 0.408 e. The molecule has 0 heterocycles. The van der Waals surface area contributed by atoms with Gasteiger partial charge in [0.2, 0.25) is 11.8 Å². The third-order valence-electron chi connectivity index (χ3n) is 4.80. The van der Waals surface area contributed by atoms with Gasteiger partial charge in [-0.2, -0.15) is 12.6 Å². The highest BCUT2D eigenvalue weighted by atomic mass is 32.1. The Morgan fingerprint density at radius 3 is 2.29 bits per heavy atom. The van der Waals surface area contributed by atoms with Crippen molar-refractivity contribution in [1.29, 1.82) is 0 Å². The number of methoxy groups -OCH3 is 1. The van der Waals surface area contributed by atoms with Crippen molar-refractivity contribution in [1.82, 2.24) is 15.5 Å². The Hall–Kier alpha value is -3.19. The minimum Gasteiger partial charge on any atom is -0.468 e. The lowest BCUT2D eigenvalue weighted by Crippen LogP contribution is -2.54. The average molecular weight is 506 g/mol. The van der Waals surface area contributed by atoms with Gasteiger partial charge in [-0.25, -0.2) is 4.79 Å². The Morgan fingerprint density at radius 1 is 1.17 bits per heavy atom. The average Bonchev–Trinajstić information content (AvgIpc) is 2.81. The molecular formula is C25H35N3O6S. The number of carbonyl (C=O) groups excluding carboxylic acids is 4. The first-order valence-electron chi connectivity index (χ1n) is 11.3. The molecule has 0 aliphatic heterocycles.